The summed E-state index contributed by atoms with van der Waals surface area (Å²) in [6.07, 6.45) is 4.10. The Hall–Kier alpha value is -2.66. The minimum Gasteiger partial charge on any atom is -0.366 e. The molecule has 1 N–H and O–H groups in total. The van der Waals surface area contributed by atoms with Crippen LogP contribution in [0.25, 0.3) is 5.69 Å². The molecule has 0 amide bonds. The number of rotatable bonds is 5. The molecule has 2 aromatic carbocycles. The zero-order valence-corrected chi connectivity index (χ0v) is 15.6. The van der Waals surface area contributed by atoms with Gasteiger partial charge in [-0.25, -0.2) is 9.07 Å². The monoisotopic (exact) mass is 364 g/mol. The highest BCUT2D eigenvalue weighted by molar-refractivity contribution is 5.39. The van der Waals surface area contributed by atoms with E-state index in [1.807, 2.05) is 12.3 Å². The molecule has 4 nitrogen and oxygen atoms in total. The average molecular weight is 364 g/mol. The van der Waals surface area contributed by atoms with Crippen LogP contribution in [-0.4, -0.2) is 33.8 Å². The van der Waals surface area contributed by atoms with Gasteiger partial charge in [-0.3, -0.25) is 4.90 Å². The maximum Gasteiger partial charge on any atom is 0.148 e. The molecule has 1 aliphatic heterocycles. The Labute approximate surface area is 159 Å². The lowest BCUT2D eigenvalue weighted by Gasteiger charge is -2.36. The minimum atomic E-state index is -0.235. The van der Waals surface area contributed by atoms with Crippen LogP contribution in [0.3, 0.4) is 0 Å². The van der Waals surface area contributed by atoms with Crippen LogP contribution in [0.5, 0.6) is 0 Å². The molecule has 0 aliphatic carbocycles. The molecule has 4 rings (SSSR count). The van der Waals surface area contributed by atoms with Gasteiger partial charge in [0.05, 0.1) is 5.69 Å². The van der Waals surface area contributed by atoms with Crippen LogP contribution in [0, 0.1) is 5.82 Å². The fourth-order valence-corrected chi connectivity index (χ4v) is 3.72. The van der Waals surface area contributed by atoms with Crippen LogP contribution < -0.4 is 5.32 Å². The molecule has 1 unspecified atom stereocenters. The van der Waals surface area contributed by atoms with Gasteiger partial charge in [0.25, 0.3) is 0 Å². The second-order valence-electron chi connectivity index (χ2n) is 7.16. The molecule has 1 saturated heterocycles. The van der Waals surface area contributed by atoms with Crippen molar-refractivity contribution in [1.82, 2.24) is 14.7 Å². The van der Waals surface area contributed by atoms with Gasteiger partial charge in [0.1, 0.15) is 11.6 Å². The number of likely N-dealkylation sites (tertiary alicyclic amines) is 1. The summed E-state index contributed by atoms with van der Waals surface area (Å²) in [7, 11) is 0. The molecule has 0 saturated carbocycles. The van der Waals surface area contributed by atoms with E-state index in [1.54, 1.807) is 16.8 Å². The van der Waals surface area contributed by atoms with E-state index in [1.165, 1.54) is 17.7 Å². The first-order valence-electron chi connectivity index (χ1n) is 9.56. The first-order chi connectivity index (χ1) is 13.2. The zero-order chi connectivity index (χ0) is 18.6. The van der Waals surface area contributed by atoms with Crippen molar-refractivity contribution in [2.24, 2.45) is 0 Å². The number of piperidine rings is 1. The third-order valence-electron chi connectivity index (χ3n) is 5.39. The number of hydrogen-bond donors (Lipinski definition) is 1. The van der Waals surface area contributed by atoms with Crippen LogP contribution in [0.15, 0.2) is 66.9 Å². The second kappa shape index (κ2) is 7.92. The van der Waals surface area contributed by atoms with Crippen LogP contribution in [0.2, 0.25) is 0 Å². The number of anilines is 1. The van der Waals surface area contributed by atoms with Gasteiger partial charge in [-0.1, -0.05) is 30.3 Å². The first-order valence-corrected chi connectivity index (χ1v) is 9.56. The quantitative estimate of drug-likeness (QED) is 0.715. The van der Waals surface area contributed by atoms with E-state index < -0.39 is 0 Å². The van der Waals surface area contributed by atoms with E-state index in [0.29, 0.717) is 12.1 Å². The third kappa shape index (κ3) is 4.19. The Morgan fingerprint density at radius 3 is 2.41 bits per heavy atom. The van der Waals surface area contributed by atoms with Gasteiger partial charge < -0.3 is 5.32 Å². The number of nitrogens with zero attached hydrogens (tertiary/aromatic N) is 3. The molecule has 2 heterocycles. The van der Waals surface area contributed by atoms with Crippen molar-refractivity contribution in [2.75, 3.05) is 18.4 Å². The normalized spacial score (nSPS) is 17.0. The number of hydrogen-bond acceptors (Lipinski definition) is 3. The fraction of sp³-hybridized carbons (Fsp3) is 0.318. The summed E-state index contributed by atoms with van der Waals surface area (Å²) in [5.41, 5.74) is 2.23. The predicted octanol–water partition coefficient (Wildman–Crippen LogP) is 4.65. The topological polar surface area (TPSA) is 33.1 Å². The van der Waals surface area contributed by atoms with E-state index in [9.17, 15) is 4.39 Å². The Bertz CT molecular complexity index is 852. The van der Waals surface area contributed by atoms with Crippen molar-refractivity contribution in [1.29, 1.82) is 0 Å². The van der Waals surface area contributed by atoms with Gasteiger partial charge in [0, 0.05) is 37.4 Å². The van der Waals surface area contributed by atoms with Gasteiger partial charge in [-0.05, 0) is 49.6 Å². The molecule has 0 radical (unpaired) electrons. The average Bonchev–Trinajstić information content (AvgIpc) is 3.18. The molecule has 140 valence electrons. The highest BCUT2D eigenvalue weighted by Gasteiger charge is 2.23. The predicted molar refractivity (Wildman–Crippen MR) is 107 cm³/mol. The van der Waals surface area contributed by atoms with E-state index in [4.69, 9.17) is 0 Å². The minimum absolute atomic E-state index is 0.235. The molecule has 1 atom stereocenters. The van der Waals surface area contributed by atoms with E-state index in [2.05, 4.69) is 52.6 Å². The summed E-state index contributed by atoms with van der Waals surface area (Å²) < 4.78 is 14.8. The Morgan fingerprint density at radius 1 is 1.00 bits per heavy atom. The van der Waals surface area contributed by atoms with Crippen LogP contribution in [0.4, 0.5) is 10.2 Å². The number of nitrogens with one attached hydrogen (secondary N) is 1. The molecule has 1 fully saturated rings. The second-order valence-corrected chi connectivity index (χ2v) is 7.16. The summed E-state index contributed by atoms with van der Waals surface area (Å²) in [4.78, 5) is 2.55. The lowest BCUT2D eigenvalue weighted by Crippen LogP contribution is -2.40. The maximum absolute atomic E-state index is 13.1. The summed E-state index contributed by atoms with van der Waals surface area (Å²) >= 11 is 0. The van der Waals surface area contributed by atoms with Gasteiger partial charge in [-0.15, -0.1) is 0 Å². The summed E-state index contributed by atoms with van der Waals surface area (Å²) in [5, 5.41) is 8.12. The van der Waals surface area contributed by atoms with Gasteiger partial charge >= 0.3 is 0 Å². The van der Waals surface area contributed by atoms with Crippen molar-refractivity contribution in [3.63, 3.8) is 0 Å². The zero-order valence-electron chi connectivity index (χ0n) is 15.6. The number of aromatic nitrogens is 2. The van der Waals surface area contributed by atoms with Crippen molar-refractivity contribution >= 4 is 5.82 Å². The highest BCUT2D eigenvalue weighted by atomic mass is 19.1. The molecule has 27 heavy (non-hydrogen) atoms. The molecular weight excluding hydrogens is 339 g/mol. The molecular formula is C22H25FN4. The van der Waals surface area contributed by atoms with E-state index in [-0.39, 0.29) is 5.82 Å². The fourth-order valence-electron chi connectivity index (χ4n) is 3.72. The number of benzene rings is 2. The Balaban J connectivity index is 1.32. The molecule has 1 aromatic heterocycles. The van der Waals surface area contributed by atoms with Gasteiger partial charge in [-0.2, -0.15) is 5.10 Å². The van der Waals surface area contributed by atoms with Gasteiger partial charge in [0.15, 0.2) is 0 Å². The standard InChI is InChI=1S/C22H25FN4/c1-17(18-5-3-2-4-6-18)26-14-11-20(12-15-26)24-22-13-16-27(25-22)21-9-7-19(23)8-10-21/h2-10,13,16-17,20H,11-12,14-15H2,1H3,(H,24,25). The lowest BCUT2D eigenvalue weighted by molar-refractivity contribution is 0.167. The summed E-state index contributed by atoms with van der Waals surface area (Å²) in [6, 6.07) is 19.9. The largest absolute Gasteiger partial charge is 0.366 e. The van der Waals surface area contributed by atoms with Crippen molar-refractivity contribution in [3.05, 3.63) is 78.2 Å². The third-order valence-corrected chi connectivity index (χ3v) is 5.39. The molecule has 1 aliphatic rings. The SMILES string of the molecule is CC(c1ccccc1)N1CCC(Nc2ccn(-c3ccc(F)cc3)n2)CC1. The first kappa shape index (κ1) is 17.7. The summed E-state index contributed by atoms with van der Waals surface area (Å²) in [5.74, 6) is 0.634. The van der Waals surface area contributed by atoms with Gasteiger partial charge in [0.2, 0.25) is 0 Å². The maximum atomic E-state index is 13.1. The van der Waals surface area contributed by atoms with Crippen molar-refractivity contribution < 1.29 is 4.39 Å². The Morgan fingerprint density at radius 2 is 1.70 bits per heavy atom. The summed E-state index contributed by atoms with van der Waals surface area (Å²) in [6.45, 7) is 4.44. The molecule has 5 heteroatoms. The molecule has 3 aromatic rings. The van der Waals surface area contributed by atoms with E-state index >= 15 is 0 Å². The molecule has 0 spiro atoms. The lowest BCUT2D eigenvalue weighted by atomic mass is 10.0. The highest BCUT2D eigenvalue weighted by Crippen LogP contribution is 2.25. The van der Waals surface area contributed by atoms with E-state index in [0.717, 1.165) is 37.4 Å². The Kier molecular flexibility index (Phi) is 5.21. The number of halogens is 1. The van der Waals surface area contributed by atoms with Crippen molar-refractivity contribution in [3.8, 4) is 5.69 Å². The smallest absolute Gasteiger partial charge is 0.148 e. The van der Waals surface area contributed by atoms with Crippen molar-refractivity contribution in [2.45, 2.75) is 31.8 Å². The van der Waals surface area contributed by atoms with Crippen LogP contribution in [0.1, 0.15) is 31.4 Å². The molecule has 0 bridgehead atoms. The van der Waals surface area contributed by atoms with Crippen LogP contribution >= 0.6 is 0 Å². The van der Waals surface area contributed by atoms with Crippen LogP contribution in [-0.2, 0) is 0 Å².